The van der Waals surface area contributed by atoms with Crippen LogP contribution < -0.4 is 10.2 Å². The van der Waals surface area contributed by atoms with Crippen LogP contribution in [0.15, 0.2) is 46.9 Å². The number of nitrogens with one attached hydrogen (secondary N) is 1. The minimum atomic E-state index is -0.638. The molecule has 6 nitrogen and oxygen atoms in total. The molecule has 1 atom stereocenters. The van der Waals surface area contributed by atoms with Gasteiger partial charge in [-0.15, -0.1) is 0 Å². The maximum Gasteiger partial charge on any atom is 0.311 e. The molecule has 1 heterocycles. The molecule has 0 saturated carbocycles. The van der Waals surface area contributed by atoms with Crippen molar-refractivity contribution in [3.63, 3.8) is 0 Å². The van der Waals surface area contributed by atoms with Crippen LogP contribution >= 0.6 is 39.1 Å². The molecule has 2 amide bonds. The van der Waals surface area contributed by atoms with Crippen LogP contribution in [0.25, 0.3) is 0 Å². The van der Waals surface area contributed by atoms with Gasteiger partial charge in [-0.3, -0.25) is 14.4 Å². The Morgan fingerprint density at radius 2 is 2.00 bits per heavy atom. The number of amides is 2. The van der Waals surface area contributed by atoms with Gasteiger partial charge in [-0.05, 0) is 52.3 Å². The summed E-state index contributed by atoms with van der Waals surface area (Å²) in [4.78, 5) is 37.9. The van der Waals surface area contributed by atoms with Crippen LogP contribution in [-0.4, -0.2) is 30.9 Å². The Morgan fingerprint density at radius 3 is 2.71 bits per heavy atom. The van der Waals surface area contributed by atoms with Crippen molar-refractivity contribution < 1.29 is 19.1 Å². The number of ether oxygens (including phenoxy) is 1. The van der Waals surface area contributed by atoms with Crippen LogP contribution in [0.3, 0.4) is 0 Å². The number of benzene rings is 2. The molecule has 0 spiro atoms. The van der Waals surface area contributed by atoms with E-state index in [1.807, 2.05) is 0 Å². The molecule has 1 aliphatic rings. The molecule has 0 aromatic heterocycles. The van der Waals surface area contributed by atoms with E-state index in [-0.39, 0.29) is 18.9 Å². The molecule has 3 rings (SSSR count). The SMILES string of the molecule is O=C(COC(=O)[C@@H]1CC(=O)N(c2cccc(Cl)c2)C1)Nc1ccc(Br)c(Cl)c1. The lowest BCUT2D eigenvalue weighted by molar-refractivity contribution is -0.151. The van der Waals surface area contributed by atoms with Crippen molar-refractivity contribution in [2.45, 2.75) is 6.42 Å². The summed E-state index contributed by atoms with van der Waals surface area (Å²) in [5.74, 6) is -1.93. The summed E-state index contributed by atoms with van der Waals surface area (Å²) in [6, 6.07) is 11.8. The first-order valence-corrected chi connectivity index (χ1v) is 9.86. The van der Waals surface area contributed by atoms with Gasteiger partial charge in [0.05, 0.1) is 10.9 Å². The third-order valence-corrected chi connectivity index (χ3v) is 5.59. The maximum absolute atomic E-state index is 12.3. The first-order valence-electron chi connectivity index (χ1n) is 8.31. The predicted molar refractivity (Wildman–Crippen MR) is 111 cm³/mol. The second-order valence-corrected chi connectivity index (χ2v) is 7.87. The number of carbonyl (C=O) groups is 3. The number of carbonyl (C=O) groups excluding carboxylic acids is 3. The molecule has 9 heteroatoms. The molecule has 1 saturated heterocycles. The molecule has 0 bridgehead atoms. The van der Waals surface area contributed by atoms with E-state index in [2.05, 4.69) is 21.2 Å². The van der Waals surface area contributed by atoms with E-state index in [4.69, 9.17) is 27.9 Å². The lowest BCUT2D eigenvalue weighted by Gasteiger charge is -2.16. The van der Waals surface area contributed by atoms with Crippen molar-refractivity contribution in [3.8, 4) is 0 Å². The Morgan fingerprint density at radius 1 is 1.21 bits per heavy atom. The second kappa shape index (κ2) is 8.94. The fourth-order valence-electron chi connectivity index (χ4n) is 2.78. The lowest BCUT2D eigenvalue weighted by atomic mass is 10.1. The van der Waals surface area contributed by atoms with Gasteiger partial charge >= 0.3 is 5.97 Å². The zero-order valence-electron chi connectivity index (χ0n) is 14.5. The number of esters is 1. The number of anilines is 2. The Hall–Kier alpha value is -2.09. The molecule has 1 N–H and O–H groups in total. The molecular formula is C19H15BrCl2N2O4. The highest BCUT2D eigenvalue weighted by Crippen LogP contribution is 2.28. The van der Waals surface area contributed by atoms with Crippen molar-refractivity contribution in [2.24, 2.45) is 5.92 Å². The van der Waals surface area contributed by atoms with Crippen LogP contribution in [0.4, 0.5) is 11.4 Å². The van der Waals surface area contributed by atoms with Gasteiger partial charge < -0.3 is 15.0 Å². The molecule has 0 aliphatic carbocycles. The van der Waals surface area contributed by atoms with Crippen molar-refractivity contribution in [3.05, 3.63) is 57.0 Å². The highest BCUT2D eigenvalue weighted by atomic mass is 79.9. The molecule has 1 fully saturated rings. The summed E-state index contributed by atoms with van der Waals surface area (Å²) in [5.41, 5.74) is 1.11. The smallest absolute Gasteiger partial charge is 0.311 e. The van der Waals surface area contributed by atoms with Crippen LogP contribution in [0, 0.1) is 5.92 Å². The summed E-state index contributed by atoms with van der Waals surface area (Å²) < 4.78 is 5.77. The Balaban J connectivity index is 1.53. The van der Waals surface area contributed by atoms with Gasteiger partial charge in [-0.25, -0.2) is 0 Å². The second-order valence-electron chi connectivity index (χ2n) is 6.17. The predicted octanol–water partition coefficient (Wildman–Crippen LogP) is 4.29. The zero-order chi connectivity index (χ0) is 20.3. The van der Waals surface area contributed by atoms with Crippen LogP contribution in [0.1, 0.15) is 6.42 Å². The minimum Gasteiger partial charge on any atom is -0.455 e. The molecule has 1 aliphatic heterocycles. The Bertz CT molecular complexity index is 938. The van der Waals surface area contributed by atoms with E-state index < -0.39 is 24.4 Å². The topological polar surface area (TPSA) is 75.7 Å². The summed E-state index contributed by atoms with van der Waals surface area (Å²) in [5, 5.41) is 3.54. The first-order chi connectivity index (χ1) is 13.3. The van der Waals surface area contributed by atoms with Crippen LogP contribution in [-0.2, 0) is 19.1 Å². The van der Waals surface area contributed by atoms with Crippen LogP contribution in [0.5, 0.6) is 0 Å². The average molecular weight is 486 g/mol. The lowest BCUT2D eigenvalue weighted by Crippen LogP contribution is -2.28. The molecule has 28 heavy (non-hydrogen) atoms. The maximum atomic E-state index is 12.3. The molecule has 0 unspecified atom stereocenters. The van der Waals surface area contributed by atoms with Gasteiger partial charge in [0.2, 0.25) is 5.91 Å². The number of rotatable bonds is 5. The van der Waals surface area contributed by atoms with Crippen LogP contribution in [0.2, 0.25) is 10.0 Å². The Kier molecular flexibility index (Phi) is 6.59. The van der Waals surface area contributed by atoms with E-state index in [0.29, 0.717) is 25.9 Å². The summed E-state index contributed by atoms with van der Waals surface area (Å²) in [7, 11) is 0. The number of halogens is 3. The Labute approximate surface area is 179 Å². The number of nitrogens with zero attached hydrogens (tertiary/aromatic N) is 1. The number of hydrogen-bond donors (Lipinski definition) is 1. The molecule has 0 radical (unpaired) electrons. The van der Waals surface area contributed by atoms with E-state index in [0.717, 1.165) is 0 Å². The van der Waals surface area contributed by atoms with Crippen molar-refractivity contribution >= 4 is 68.3 Å². The highest BCUT2D eigenvalue weighted by Gasteiger charge is 2.36. The highest BCUT2D eigenvalue weighted by molar-refractivity contribution is 9.10. The van der Waals surface area contributed by atoms with Gasteiger partial charge in [0.15, 0.2) is 6.61 Å². The van der Waals surface area contributed by atoms with E-state index in [1.54, 1.807) is 42.5 Å². The fraction of sp³-hybridized carbons (Fsp3) is 0.211. The van der Waals surface area contributed by atoms with E-state index >= 15 is 0 Å². The van der Waals surface area contributed by atoms with Gasteiger partial charge in [0, 0.05) is 33.8 Å². The minimum absolute atomic E-state index is 0.0231. The van der Waals surface area contributed by atoms with Crippen molar-refractivity contribution in [1.82, 2.24) is 0 Å². The first kappa shape index (κ1) is 20.6. The van der Waals surface area contributed by atoms with E-state index in [9.17, 15) is 14.4 Å². The molecular weight excluding hydrogens is 471 g/mol. The fourth-order valence-corrected chi connectivity index (χ4v) is 3.40. The normalized spacial score (nSPS) is 16.2. The van der Waals surface area contributed by atoms with Crippen molar-refractivity contribution in [2.75, 3.05) is 23.4 Å². The monoisotopic (exact) mass is 484 g/mol. The summed E-state index contributed by atoms with van der Waals surface area (Å²) in [6.45, 7) is -0.268. The molecule has 2 aromatic rings. The summed E-state index contributed by atoms with van der Waals surface area (Å²) >= 11 is 15.2. The standard InChI is InChI=1S/C19H15BrCl2N2O4/c20-15-5-4-13(8-16(15)22)23-17(25)10-28-19(27)11-6-18(26)24(9-11)14-3-1-2-12(21)7-14/h1-5,7-8,11H,6,9-10H2,(H,23,25)/t11-/m1/s1. The third kappa shape index (κ3) is 5.04. The zero-order valence-corrected chi connectivity index (χ0v) is 17.6. The van der Waals surface area contributed by atoms with Gasteiger partial charge in [0.1, 0.15) is 0 Å². The third-order valence-electron chi connectivity index (χ3n) is 4.13. The van der Waals surface area contributed by atoms with Gasteiger partial charge in [-0.1, -0.05) is 29.3 Å². The summed E-state index contributed by atoms with van der Waals surface area (Å²) in [6.07, 6.45) is 0.0231. The van der Waals surface area contributed by atoms with Crippen molar-refractivity contribution in [1.29, 1.82) is 0 Å². The largest absolute Gasteiger partial charge is 0.455 e. The average Bonchev–Trinajstić information content (AvgIpc) is 3.05. The molecule has 2 aromatic carbocycles. The molecule has 146 valence electrons. The van der Waals surface area contributed by atoms with Gasteiger partial charge in [0.25, 0.3) is 5.91 Å². The quantitative estimate of drug-likeness (QED) is 0.641. The number of hydrogen-bond acceptors (Lipinski definition) is 4. The van der Waals surface area contributed by atoms with Gasteiger partial charge in [-0.2, -0.15) is 0 Å². The van der Waals surface area contributed by atoms with E-state index in [1.165, 1.54) is 4.90 Å².